The number of hydrogen-bond donors (Lipinski definition) is 3. The van der Waals surface area contributed by atoms with Gasteiger partial charge >= 0.3 is 6.09 Å². The molecule has 0 aliphatic rings. The van der Waals surface area contributed by atoms with E-state index in [1.807, 2.05) is 38.2 Å². The van der Waals surface area contributed by atoms with E-state index in [4.69, 9.17) is 9.84 Å². The first kappa shape index (κ1) is 16.5. The lowest BCUT2D eigenvalue weighted by molar-refractivity contribution is -0.119. The molecule has 0 atom stereocenters. The minimum atomic E-state index is -1.30. The molecule has 0 saturated carbocycles. The van der Waals surface area contributed by atoms with Gasteiger partial charge in [-0.2, -0.15) is 4.99 Å². The van der Waals surface area contributed by atoms with E-state index in [-0.39, 0.29) is 12.6 Å². The number of ether oxygens (including phenoxy) is 1. The number of guanidine groups is 1. The van der Waals surface area contributed by atoms with Crippen LogP contribution < -0.4 is 15.4 Å². The lowest BCUT2D eigenvalue weighted by Crippen LogP contribution is -2.39. The molecule has 1 rings (SSSR count). The zero-order valence-electron chi connectivity index (χ0n) is 12.5. The van der Waals surface area contributed by atoms with Gasteiger partial charge < -0.3 is 15.2 Å². The summed E-state index contributed by atoms with van der Waals surface area (Å²) in [6, 6.07) is 3.92. The first-order chi connectivity index (χ1) is 9.83. The average molecular weight is 293 g/mol. The minimum absolute atomic E-state index is 0.145. The highest BCUT2D eigenvalue weighted by Gasteiger charge is 2.09. The molecule has 0 aromatic heterocycles. The van der Waals surface area contributed by atoms with Crippen molar-refractivity contribution in [1.29, 1.82) is 0 Å². The monoisotopic (exact) mass is 293 g/mol. The molecule has 114 valence electrons. The van der Waals surface area contributed by atoms with Crippen molar-refractivity contribution in [3.63, 3.8) is 0 Å². The van der Waals surface area contributed by atoms with Crippen molar-refractivity contribution >= 4 is 18.0 Å². The molecule has 3 N–H and O–H groups in total. The van der Waals surface area contributed by atoms with Crippen LogP contribution in [0.5, 0.6) is 5.75 Å². The molecule has 0 aliphatic carbocycles. The van der Waals surface area contributed by atoms with Crippen molar-refractivity contribution in [3.05, 3.63) is 28.8 Å². The number of nitrogens with zero attached hydrogens (tertiary/aromatic N) is 1. The SMILES string of the molecule is CN/C(=N/C(=O)COc1c(C)cc(C)cc1C)NC(=O)O. The van der Waals surface area contributed by atoms with E-state index in [9.17, 15) is 9.59 Å². The fourth-order valence-corrected chi connectivity index (χ4v) is 1.93. The fourth-order valence-electron chi connectivity index (χ4n) is 1.93. The maximum absolute atomic E-state index is 11.7. The zero-order valence-corrected chi connectivity index (χ0v) is 12.5. The zero-order chi connectivity index (χ0) is 16.0. The topological polar surface area (TPSA) is 100 Å². The number of carbonyl (C=O) groups is 2. The predicted octanol–water partition coefficient (Wildman–Crippen LogP) is 1.36. The molecule has 0 heterocycles. The molecule has 0 spiro atoms. The summed E-state index contributed by atoms with van der Waals surface area (Å²) >= 11 is 0. The summed E-state index contributed by atoms with van der Waals surface area (Å²) < 4.78 is 5.48. The third-order valence-electron chi connectivity index (χ3n) is 2.64. The second-order valence-corrected chi connectivity index (χ2v) is 4.55. The molecule has 7 nitrogen and oxygen atoms in total. The third kappa shape index (κ3) is 5.13. The number of aryl methyl sites for hydroxylation is 3. The van der Waals surface area contributed by atoms with Gasteiger partial charge in [0.1, 0.15) is 5.75 Å². The van der Waals surface area contributed by atoms with E-state index < -0.39 is 12.0 Å². The van der Waals surface area contributed by atoms with Gasteiger partial charge in [0.25, 0.3) is 5.91 Å². The molecule has 0 bridgehead atoms. The molecule has 0 saturated heterocycles. The van der Waals surface area contributed by atoms with Gasteiger partial charge in [0, 0.05) is 7.05 Å². The van der Waals surface area contributed by atoms with Gasteiger partial charge in [0.2, 0.25) is 5.96 Å². The van der Waals surface area contributed by atoms with Crippen LogP contribution in [0.2, 0.25) is 0 Å². The maximum Gasteiger partial charge on any atom is 0.411 e. The number of rotatable bonds is 3. The second kappa shape index (κ2) is 7.28. The Labute approximate surface area is 123 Å². The average Bonchev–Trinajstić information content (AvgIpc) is 2.35. The van der Waals surface area contributed by atoms with Gasteiger partial charge in [-0.15, -0.1) is 0 Å². The summed E-state index contributed by atoms with van der Waals surface area (Å²) in [4.78, 5) is 25.7. The molecule has 0 fully saturated rings. The van der Waals surface area contributed by atoms with E-state index >= 15 is 0 Å². The molecule has 0 aliphatic heterocycles. The Morgan fingerprint density at radius 3 is 2.29 bits per heavy atom. The fraction of sp³-hybridized carbons (Fsp3) is 0.357. The largest absolute Gasteiger partial charge is 0.483 e. The molecular formula is C14H19N3O4. The number of carbonyl (C=O) groups excluding carboxylic acids is 1. The molecule has 0 unspecified atom stereocenters. The Balaban J connectivity index is 2.73. The van der Waals surface area contributed by atoms with Gasteiger partial charge in [-0.25, -0.2) is 4.79 Å². The van der Waals surface area contributed by atoms with Crippen LogP contribution in [-0.4, -0.2) is 36.7 Å². The van der Waals surface area contributed by atoms with Crippen LogP contribution in [0.25, 0.3) is 0 Å². The highest BCUT2D eigenvalue weighted by atomic mass is 16.5. The number of nitrogens with one attached hydrogen (secondary N) is 2. The third-order valence-corrected chi connectivity index (χ3v) is 2.64. The van der Waals surface area contributed by atoms with Crippen LogP contribution in [0, 0.1) is 20.8 Å². The van der Waals surface area contributed by atoms with E-state index in [0.29, 0.717) is 5.75 Å². The van der Waals surface area contributed by atoms with Crippen molar-refractivity contribution in [2.75, 3.05) is 13.7 Å². The van der Waals surface area contributed by atoms with Crippen LogP contribution in [0.15, 0.2) is 17.1 Å². The van der Waals surface area contributed by atoms with Crippen molar-refractivity contribution in [1.82, 2.24) is 10.6 Å². The predicted molar refractivity (Wildman–Crippen MR) is 78.8 cm³/mol. The Kier molecular flexibility index (Phi) is 5.71. The standard InChI is InChI=1S/C14H19N3O4/c1-8-5-9(2)12(10(3)6-8)21-7-11(18)16-13(15-4)17-14(19)20/h5-6H,7H2,1-4H3,(H,19,20)(H2,15,16,17,18). The summed E-state index contributed by atoms with van der Waals surface area (Å²) in [6.45, 7) is 5.51. The Hall–Kier alpha value is -2.57. The molecular weight excluding hydrogens is 274 g/mol. The van der Waals surface area contributed by atoms with Gasteiger partial charge in [0.15, 0.2) is 6.61 Å². The molecule has 7 heteroatoms. The highest BCUT2D eigenvalue weighted by molar-refractivity contribution is 5.99. The highest BCUT2D eigenvalue weighted by Crippen LogP contribution is 2.24. The van der Waals surface area contributed by atoms with Crippen LogP contribution in [-0.2, 0) is 4.79 Å². The molecule has 0 radical (unpaired) electrons. The van der Waals surface area contributed by atoms with Gasteiger partial charge in [-0.3, -0.25) is 10.1 Å². The smallest absolute Gasteiger partial charge is 0.411 e. The van der Waals surface area contributed by atoms with Crippen molar-refractivity contribution < 1.29 is 19.4 Å². The Bertz CT molecular complexity index is 559. The summed E-state index contributed by atoms with van der Waals surface area (Å²) in [5.74, 6) is -0.0951. The van der Waals surface area contributed by atoms with E-state index in [1.54, 1.807) is 0 Å². The Morgan fingerprint density at radius 1 is 1.24 bits per heavy atom. The normalized spacial score (nSPS) is 11.0. The second-order valence-electron chi connectivity index (χ2n) is 4.55. The minimum Gasteiger partial charge on any atom is -0.483 e. The van der Waals surface area contributed by atoms with Crippen LogP contribution in [0.3, 0.4) is 0 Å². The summed E-state index contributed by atoms with van der Waals surface area (Å²) in [5, 5.41) is 13.0. The van der Waals surface area contributed by atoms with E-state index in [2.05, 4.69) is 10.3 Å². The quantitative estimate of drug-likeness (QED) is 0.577. The first-order valence-corrected chi connectivity index (χ1v) is 6.33. The lowest BCUT2D eigenvalue weighted by Gasteiger charge is -2.12. The number of hydrogen-bond acceptors (Lipinski definition) is 3. The van der Waals surface area contributed by atoms with Crippen molar-refractivity contribution in [3.8, 4) is 5.75 Å². The van der Waals surface area contributed by atoms with Gasteiger partial charge in [-0.05, 0) is 31.9 Å². The molecule has 1 aromatic rings. The molecule has 2 amide bonds. The summed E-state index contributed by atoms with van der Waals surface area (Å²) in [7, 11) is 1.46. The summed E-state index contributed by atoms with van der Waals surface area (Å²) in [5.41, 5.74) is 2.98. The summed E-state index contributed by atoms with van der Waals surface area (Å²) in [6.07, 6.45) is -1.30. The number of amides is 2. The van der Waals surface area contributed by atoms with Crippen molar-refractivity contribution in [2.45, 2.75) is 20.8 Å². The first-order valence-electron chi connectivity index (χ1n) is 6.33. The molecule has 21 heavy (non-hydrogen) atoms. The Morgan fingerprint density at radius 2 is 1.81 bits per heavy atom. The van der Waals surface area contributed by atoms with Gasteiger partial charge in [-0.1, -0.05) is 17.7 Å². The van der Waals surface area contributed by atoms with Gasteiger partial charge in [0.05, 0.1) is 0 Å². The van der Waals surface area contributed by atoms with Crippen LogP contribution >= 0.6 is 0 Å². The molecule has 1 aromatic carbocycles. The number of carboxylic acid groups (broad SMARTS) is 1. The van der Waals surface area contributed by atoms with Crippen molar-refractivity contribution in [2.24, 2.45) is 4.99 Å². The van der Waals surface area contributed by atoms with E-state index in [1.165, 1.54) is 7.05 Å². The lowest BCUT2D eigenvalue weighted by atomic mass is 10.1. The van der Waals surface area contributed by atoms with Crippen LogP contribution in [0.4, 0.5) is 4.79 Å². The maximum atomic E-state index is 11.7. The van der Waals surface area contributed by atoms with Crippen LogP contribution in [0.1, 0.15) is 16.7 Å². The number of aliphatic imine (C=N–C) groups is 1. The number of benzene rings is 1. The van der Waals surface area contributed by atoms with E-state index in [0.717, 1.165) is 16.7 Å².